The molecule has 0 N–H and O–H groups in total. The van der Waals surface area contributed by atoms with E-state index >= 15 is 0 Å². The van der Waals surface area contributed by atoms with E-state index in [0.717, 1.165) is 66.2 Å². The highest BCUT2D eigenvalue weighted by atomic mass is 14.2. The summed E-state index contributed by atoms with van der Waals surface area (Å²) >= 11 is 0. The second kappa shape index (κ2) is 11.4. The average molecular weight is 551 g/mol. The van der Waals surface area contributed by atoms with E-state index in [4.69, 9.17) is 0 Å². The molecule has 0 radical (unpaired) electrons. The van der Waals surface area contributed by atoms with E-state index in [1.807, 2.05) is 37.3 Å². The number of rotatable bonds is 8. The van der Waals surface area contributed by atoms with Gasteiger partial charge >= 0.3 is 0 Å². The molecule has 0 saturated carbocycles. The van der Waals surface area contributed by atoms with Gasteiger partial charge < -0.3 is 0 Å². The largest absolute Gasteiger partial charge is 0.0984 e. The highest BCUT2D eigenvalue weighted by Crippen LogP contribution is 2.44. The van der Waals surface area contributed by atoms with E-state index in [2.05, 4.69) is 130 Å². The lowest BCUT2D eigenvalue weighted by atomic mass is 9.83. The summed E-state index contributed by atoms with van der Waals surface area (Å²) in [6, 6.07) is 30.6. The van der Waals surface area contributed by atoms with Crippen LogP contribution in [0.15, 0.2) is 124 Å². The van der Waals surface area contributed by atoms with E-state index in [9.17, 15) is 0 Å². The molecular formula is C43H34. The van der Waals surface area contributed by atoms with Crippen molar-refractivity contribution in [3.8, 4) is 22.3 Å². The maximum Gasteiger partial charge on any atom is -0.00923 e. The average Bonchev–Trinajstić information content (AvgIpc) is 3.06. The molecule has 0 heteroatoms. The molecule has 0 nitrogen and oxygen atoms in total. The van der Waals surface area contributed by atoms with Gasteiger partial charge in [-0.15, -0.1) is 0 Å². The molecule has 0 amide bonds. The van der Waals surface area contributed by atoms with Crippen LogP contribution in [0.4, 0.5) is 0 Å². The predicted octanol–water partition coefficient (Wildman–Crippen LogP) is 12.7. The van der Waals surface area contributed by atoms with Crippen molar-refractivity contribution >= 4 is 68.8 Å². The molecule has 0 aliphatic carbocycles. The Morgan fingerprint density at radius 1 is 0.442 bits per heavy atom. The number of fused-ring (bicyclic) bond motifs is 4. The highest BCUT2D eigenvalue weighted by molar-refractivity contribution is 6.18. The molecule has 0 unspecified atom stereocenters. The van der Waals surface area contributed by atoms with Gasteiger partial charge in [-0.2, -0.15) is 0 Å². The van der Waals surface area contributed by atoms with Gasteiger partial charge in [-0.25, -0.2) is 0 Å². The van der Waals surface area contributed by atoms with Gasteiger partial charge in [0, 0.05) is 0 Å². The van der Waals surface area contributed by atoms with Gasteiger partial charge in [0.05, 0.1) is 0 Å². The van der Waals surface area contributed by atoms with Crippen molar-refractivity contribution in [2.24, 2.45) is 0 Å². The topological polar surface area (TPSA) is 0 Å². The first-order chi connectivity index (χ1) is 21.1. The minimum Gasteiger partial charge on any atom is -0.0984 e. The Balaban J connectivity index is 1.75. The highest BCUT2D eigenvalue weighted by Gasteiger charge is 2.19. The summed E-state index contributed by atoms with van der Waals surface area (Å²) in [7, 11) is 0. The zero-order chi connectivity index (χ0) is 30.1. The predicted molar refractivity (Wildman–Crippen MR) is 195 cm³/mol. The lowest BCUT2D eigenvalue weighted by Crippen LogP contribution is -1.96. The maximum absolute atomic E-state index is 4.29. The smallest absolute Gasteiger partial charge is 0.00923 e. The van der Waals surface area contributed by atoms with Crippen LogP contribution in [0.2, 0.25) is 0 Å². The van der Waals surface area contributed by atoms with Crippen LogP contribution in [-0.2, 0) is 0 Å². The van der Waals surface area contributed by atoms with E-state index in [1.165, 1.54) is 21.7 Å². The first-order valence-corrected chi connectivity index (χ1v) is 14.6. The van der Waals surface area contributed by atoms with Crippen molar-refractivity contribution in [1.82, 2.24) is 0 Å². The van der Waals surface area contributed by atoms with Crippen LogP contribution in [0.5, 0.6) is 0 Å². The number of hydrogen-bond donors (Lipinski definition) is 0. The standard InChI is InChI=1S/C43H34/c1-7-17-29-24-31(23-22-28(29)8-2)39-26-41-34(11-5)35(12-6)42(27-43(41)38-21-16-15-20-37(38)39)40-25-30-18-13-14-19-36(30)32(9-3)33(40)10-4/h7-27H,2-6H2,1H3/b17-7-. The van der Waals surface area contributed by atoms with Crippen LogP contribution in [0, 0.1) is 0 Å². The minimum absolute atomic E-state index is 1.05. The number of allylic oxidation sites excluding steroid dienone is 1. The molecule has 43 heavy (non-hydrogen) atoms. The summed E-state index contributed by atoms with van der Waals surface area (Å²) in [6.45, 7) is 23.0. The minimum atomic E-state index is 1.05. The molecule has 6 aromatic rings. The second-order valence-corrected chi connectivity index (χ2v) is 10.7. The Hall–Kier alpha value is -5.46. The van der Waals surface area contributed by atoms with Gasteiger partial charge in [0.15, 0.2) is 0 Å². The molecule has 0 aliphatic rings. The van der Waals surface area contributed by atoms with E-state index in [1.54, 1.807) is 0 Å². The Bertz CT molecular complexity index is 2160. The van der Waals surface area contributed by atoms with Crippen LogP contribution in [0.25, 0.3) is 91.0 Å². The third kappa shape index (κ3) is 4.49. The molecule has 6 aromatic carbocycles. The van der Waals surface area contributed by atoms with Gasteiger partial charge in [0.25, 0.3) is 0 Å². The first kappa shape index (κ1) is 27.7. The monoisotopic (exact) mass is 550 g/mol. The summed E-state index contributed by atoms with van der Waals surface area (Å²) in [5, 5.41) is 7.04. The van der Waals surface area contributed by atoms with Crippen molar-refractivity contribution in [2.45, 2.75) is 6.92 Å². The molecule has 206 valence electrons. The van der Waals surface area contributed by atoms with E-state index < -0.39 is 0 Å². The van der Waals surface area contributed by atoms with Gasteiger partial charge in [-0.1, -0.05) is 136 Å². The molecule has 6 rings (SSSR count). The fourth-order valence-corrected chi connectivity index (χ4v) is 6.50. The maximum atomic E-state index is 4.29. The normalized spacial score (nSPS) is 11.3. The summed E-state index contributed by atoms with van der Waals surface area (Å²) in [6.07, 6.45) is 13.9. The molecule has 0 bridgehead atoms. The van der Waals surface area contributed by atoms with Crippen molar-refractivity contribution in [3.63, 3.8) is 0 Å². The lowest BCUT2D eigenvalue weighted by molar-refractivity contribution is 1.58. The summed E-state index contributed by atoms with van der Waals surface area (Å²) in [5.41, 5.74) is 11.1. The van der Waals surface area contributed by atoms with Gasteiger partial charge in [-0.3, -0.25) is 0 Å². The number of hydrogen-bond acceptors (Lipinski definition) is 0. The van der Waals surface area contributed by atoms with Gasteiger partial charge in [-0.05, 0) is 119 Å². The molecule has 0 heterocycles. The van der Waals surface area contributed by atoms with Crippen molar-refractivity contribution in [1.29, 1.82) is 0 Å². The molecule has 0 spiro atoms. The van der Waals surface area contributed by atoms with Crippen LogP contribution < -0.4 is 0 Å². The summed E-state index contributed by atoms with van der Waals surface area (Å²) < 4.78 is 0. The molecule has 0 aliphatic heterocycles. The molecule has 0 atom stereocenters. The SMILES string of the molecule is C=Cc1ccc(-c2cc3c(C=C)c(C=C)c(-c4cc5ccccc5c(C=C)c4C=C)cc3c3ccccc23)cc1/C=C\C. The number of benzene rings is 6. The zero-order valence-corrected chi connectivity index (χ0v) is 24.7. The molecule has 0 fully saturated rings. The fourth-order valence-electron chi connectivity index (χ4n) is 6.50. The Morgan fingerprint density at radius 2 is 1.02 bits per heavy atom. The van der Waals surface area contributed by atoms with Crippen LogP contribution >= 0.6 is 0 Å². The van der Waals surface area contributed by atoms with E-state index in [-0.39, 0.29) is 0 Å². The van der Waals surface area contributed by atoms with Gasteiger partial charge in [0.2, 0.25) is 0 Å². The summed E-state index contributed by atoms with van der Waals surface area (Å²) in [4.78, 5) is 0. The van der Waals surface area contributed by atoms with Gasteiger partial charge in [0.1, 0.15) is 0 Å². The zero-order valence-electron chi connectivity index (χ0n) is 24.7. The molecular weight excluding hydrogens is 516 g/mol. The first-order valence-electron chi connectivity index (χ1n) is 14.6. The Kier molecular flexibility index (Phi) is 7.36. The quantitative estimate of drug-likeness (QED) is 0.165. The van der Waals surface area contributed by atoms with Crippen LogP contribution in [0.1, 0.15) is 40.3 Å². The summed E-state index contributed by atoms with van der Waals surface area (Å²) in [5.74, 6) is 0. The third-order valence-corrected chi connectivity index (χ3v) is 8.45. The van der Waals surface area contributed by atoms with Crippen LogP contribution in [-0.4, -0.2) is 0 Å². The van der Waals surface area contributed by atoms with E-state index in [0.29, 0.717) is 0 Å². The lowest BCUT2D eigenvalue weighted by Gasteiger charge is -2.20. The molecule has 0 saturated heterocycles. The molecule has 0 aromatic heterocycles. The second-order valence-electron chi connectivity index (χ2n) is 10.7. The third-order valence-electron chi connectivity index (χ3n) is 8.45. The van der Waals surface area contributed by atoms with Crippen molar-refractivity contribution < 1.29 is 0 Å². The van der Waals surface area contributed by atoms with Crippen molar-refractivity contribution in [3.05, 3.63) is 157 Å². The van der Waals surface area contributed by atoms with Crippen LogP contribution in [0.3, 0.4) is 0 Å². The fraction of sp³-hybridized carbons (Fsp3) is 0.0233. The Labute approximate surface area is 254 Å². The Morgan fingerprint density at radius 3 is 1.67 bits per heavy atom. The van der Waals surface area contributed by atoms with Crippen molar-refractivity contribution in [2.75, 3.05) is 0 Å².